The number of urea groups is 1. The number of carbonyl (C=O) groups excluding carboxylic acids is 1. The van der Waals surface area contributed by atoms with E-state index in [2.05, 4.69) is 10.4 Å². The molecule has 1 saturated heterocycles. The molecule has 1 fully saturated rings. The minimum Gasteiger partial charge on any atom is -0.336 e. The van der Waals surface area contributed by atoms with Crippen LogP contribution in [0.2, 0.25) is 0 Å². The number of hydrazone groups is 1. The van der Waals surface area contributed by atoms with E-state index in [9.17, 15) is 14.9 Å². The van der Waals surface area contributed by atoms with Gasteiger partial charge in [-0.15, -0.1) is 0 Å². The SMILES string of the molecule is O=C1NCCCN1N=Cc1ccc([N+](=O)[O-])s1. The van der Waals surface area contributed by atoms with Crippen LogP contribution in [-0.4, -0.2) is 35.3 Å². The van der Waals surface area contributed by atoms with E-state index in [1.54, 1.807) is 6.07 Å². The number of carbonyl (C=O) groups is 1. The molecule has 0 unspecified atom stereocenters. The molecule has 90 valence electrons. The highest BCUT2D eigenvalue weighted by Crippen LogP contribution is 2.22. The molecule has 0 atom stereocenters. The maximum atomic E-state index is 11.3. The van der Waals surface area contributed by atoms with E-state index in [4.69, 9.17) is 0 Å². The number of thiophene rings is 1. The van der Waals surface area contributed by atoms with Crippen molar-refractivity contribution in [2.45, 2.75) is 6.42 Å². The molecule has 7 nitrogen and oxygen atoms in total. The molecule has 1 aliphatic rings. The molecule has 0 saturated carbocycles. The lowest BCUT2D eigenvalue weighted by atomic mass is 10.4. The third-order valence-electron chi connectivity index (χ3n) is 2.17. The molecule has 2 heterocycles. The van der Waals surface area contributed by atoms with Gasteiger partial charge in [0.2, 0.25) is 0 Å². The summed E-state index contributed by atoms with van der Waals surface area (Å²) in [6.07, 6.45) is 2.30. The van der Waals surface area contributed by atoms with Gasteiger partial charge in [-0.1, -0.05) is 11.3 Å². The van der Waals surface area contributed by atoms with E-state index in [0.717, 1.165) is 17.8 Å². The molecule has 1 aromatic rings. The minimum atomic E-state index is -0.449. The van der Waals surface area contributed by atoms with Gasteiger partial charge >= 0.3 is 11.0 Å². The van der Waals surface area contributed by atoms with Crippen LogP contribution in [0.5, 0.6) is 0 Å². The predicted octanol–water partition coefficient (Wildman–Crippen LogP) is 1.41. The van der Waals surface area contributed by atoms with Crippen LogP contribution in [0.25, 0.3) is 0 Å². The van der Waals surface area contributed by atoms with E-state index in [0.29, 0.717) is 18.0 Å². The third-order valence-corrected chi connectivity index (χ3v) is 3.15. The van der Waals surface area contributed by atoms with Gasteiger partial charge in [0.1, 0.15) is 0 Å². The van der Waals surface area contributed by atoms with Crippen LogP contribution in [0.3, 0.4) is 0 Å². The highest BCUT2D eigenvalue weighted by molar-refractivity contribution is 7.16. The van der Waals surface area contributed by atoms with E-state index in [1.165, 1.54) is 17.3 Å². The number of nitrogens with zero attached hydrogens (tertiary/aromatic N) is 3. The van der Waals surface area contributed by atoms with Gasteiger partial charge in [-0.25, -0.2) is 9.80 Å². The summed E-state index contributed by atoms with van der Waals surface area (Å²) in [6.45, 7) is 1.23. The van der Waals surface area contributed by atoms with Gasteiger partial charge in [-0.2, -0.15) is 5.10 Å². The van der Waals surface area contributed by atoms with E-state index >= 15 is 0 Å². The quantitative estimate of drug-likeness (QED) is 0.502. The molecule has 2 amide bonds. The molecule has 1 N–H and O–H groups in total. The third kappa shape index (κ3) is 2.78. The number of nitro groups is 1. The van der Waals surface area contributed by atoms with Crippen LogP contribution in [0.1, 0.15) is 11.3 Å². The van der Waals surface area contributed by atoms with Gasteiger partial charge in [0.15, 0.2) is 0 Å². The summed E-state index contributed by atoms with van der Waals surface area (Å²) < 4.78 is 0. The molecule has 0 radical (unpaired) electrons. The Labute approximate surface area is 101 Å². The number of hydrogen-bond acceptors (Lipinski definition) is 5. The Balaban J connectivity index is 2.03. The van der Waals surface area contributed by atoms with Crippen LogP contribution in [0.15, 0.2) is 17.2 Å². The molecule has 8 heteroatoms. The average Bonchev–Trinajstić information content (AvgIpc) is 2.77. The van der Waals surface area contributed by atoms with Crippen molar-refractivity contribution in [2.75, 3.05) is 13.1 Å². The van der Waals surface area contributed by atoms with E-state index in [1.807, 2.05) is 0 Å². The summed E-state index contributed by atoms with van der Waals surface area (Å²) in [6, 6.07) is 2.79. The molecule has 17 heavy (non-hydrogen) atoms. The van der Waals surface area contributed by atoms with Crippen molar-refractivity contribution in [3.8, 4) is 0 Å². The second kappa shape index (κ2) is 4.91. The fraction of sp³-hybridized carbons (Fsp3) is 0.333. The minimum absolute atomic E-state index is 0.0644. The van der Waals surface area contributed by atoms with Crippen molar-refractivity contribution < 1.29 is 9.72 Å². The monoisotopic (exact) mass is 254 g/mol. The van der Waals surface area contributed by atoms with Crippen molar-refractivity contribution in [1.29, 1.82) is 0 Å². The predicted molar refractivity (Wildman–Crippen MR) is 63.3 cm³/mol. The molecule has 2 rings (SSSR count). The average molecular weight is 254 g/mol. The van der Waals surface area contributed by atoms with Gasteiger partial charge in [0.05, 0.1) is 16.0 Å². The van der Waals surface area contributed by atoms with Crippen molar-refractivity contribution in [3.05, 3.63) is 27.1 Å². The van der Waals surface area contributed by atoms with Crippen LogP contribution in [0.4, 0.5) is 9.80 Å². The largest absolute Gasteiger partial charge is 0.337 e. The van der Waals surface area contributed by atoms with Crippen molar-refractivity contribution in [2.24, 2.45) is 5.10 Å². The highest BCUT2D eigenvalue weighted by Gasteiger charge is 2.16. The van der Waals surface area contributed by atoms with Crippen molar-refractivity contribution >= 4 is 28.6 Å². The first-order chi connectivity index (χ1) is 8.16. The Morgan fingerprint density at radius 1 is 1.59 bits per heavy atom. The topological polar surface area (TPSA) is 87.8 Å². The molecular weight excluding hydrogens is 244 g/mol. The molecular formula is C9H10N4O3S. The molecule has 0 bridgehead atoms. The first-order valence-corrected chi connectivity index (χ1v) is 5.82. The number of amides is 2. The molecule has 1 aliphatic heterocycles. The van der Waals surface area contributed by atoms with Gasteiger partial charge in [0.25, 0.3) is 0 Å². The van der Waals surface area contributed by atoms with Crippen molar-refractivity contribution in [1.82, 2.24) is 10.3 Å². The first-order valence-electron chi connectivity index (χ1n) is 5.00. The molecule has 0 aliphatic carbocycles. The standard InChI is InChI=1S/C9H10N4O3S/c14-9-10-4-1-5-12(9)11-6-7-2-3-8(17-7)13(15)16/h2-3,6H,1,4-5H2,(H,10,14). The van der Waals surface area contributed by atoms with Gasteiger partial charge < -0.3 is 5.32 Å². The summed E-state index contributed by atoms with van der Waals surface area (Å²) in [5.74, 6) is 0. The molecule has 1 aromatic heterocycles. The second-order valence-corrected chi connectivity index (χ2v) is 4.48. The Kier molecular flexibility index (Phi) is 3.33. The zero-order valence-electron chi connectivity index (χ0n) is 8.83. The Morgan fingerprint density at radius 2 is 2.41 bits per heavy atom. The fourth-order valence-corrected chi connectivity index (χ4v) is 2.05. The lowest BCUT2D eigenvalue weighted by Gasteiger charge is -2.22. The maximum absolute atomic E-state index is 11.3. The lowest BCUT2D eigenvalue weighted by molar-refractivity contribution is -0.380. The zero-order chi connectivity index (χ0) is 12.3. The summed E-state index contributed by atoms with van der Waals surface area (Å²) >= 11 is 1.02. The Morgan fingerprint density at radius 3 is 3.06 bits per heavy atom. The summed E-state index contributed by atoms with van der Waals surface area (Å²) in [4.78, 5) is 22.0. The number of rotatable bonds is 3. The van der Waals surface area contributed by atoms with Gasteiger partial charge in [-0.05, 0) is 12.5 Å². The van der Waals surface area contributed by atoms with Gasteiger partial charge in [0, 0.05) is 19.2 Å². The Bertz CT molecular complexity index is 471. The first kappa shape index (κ1) is 11.5. The molecule has 0 spiro atoms. The van der Waals surface area contributed by atoms with E-state index < -0.39 is 4.92 Å². The number of hydrogen-bond donors (Lipinski definition) is 1. The maximum Gasteiger partial charge on any atom is 0.337 e. The molecule has 0 aromatic carbocycles. The summed E-state index contributed by atoms with van der Waals surface area (Å²) in [5.41, 5.74) is 0. The smallest absolute Gasteiger partial charge is 0.336 e. The summed E-state index contributed by atoms with van der Waals surface area (Å²) in [7, 11) is 0. The van der Waals surface area contributed by atoms with Crippen LogP contribution >= 0.6 is 11.3 Å². The van der Waals surface area contributed by atoms with E-state index in [-0.39, 0.29) is 11.0 Å². The highest BCUT2D eigenvalue weighted by atomic mass is 32.1. The van der Waals surface area contributed by atoms with Crippen LogP contribution < -0.4 is 5.32 Å². The summed E-state index contributed by atoms with van der Waals surface area (Å²) in [5, 5.41) is 18.5. The number of nitrogens with one attached hydrogen (secondary N) is 1. The lowest BCUT2D eigenvalue weighted by Crippen LogP contribution is -2.43. The second-order valence-electron chi connectivity index (χ2n) is 3.39. The Hall–Kier alpha value is -1.96. The van der Waals surface area contributed by atoms with Crippen molar-refractivity contribution in [3.63, 3.8) is 0 Å². The zero-order valence-corrected chi connectivity index (χ0v) is 9.64. The van der Waals surface area contributed by atoms with Gasteiger partial charge in [-0.3, -0.25) is 10.1 Å². The van der Waals surface area contributed by atoms with Crippen LogP contribution in [-0.2, 0) is 0 Å². The normalized spacial score (nSPS) is 16.2. The fourth-order valence-electron chi connectivity index (χ4n) is 1.36. The van der Waals surface area contributed by atoms with Crippen LogP contribution in [0, 0.1) is 10.1 Å².